The predicted molar refractivity (Wildman–Crippen MR) is 235 cm³/mol. The van der Waals surface area contributed by atoms with Gasteiger partial charge in [-0.1, -0.05) is 33.3 Å². The van der Waals surface area contributed by atoms with Crippen LogP contribution in [0.5, 0.6) is 0 Å². The molecule has 3 aromatic heterocycles. The molecule has 0 N–H and O–H groups in total. The van der Waals surface area contributed by atoms with Crippen LogP contribution in [0.25, 0.3) is 60.4 Å². The second kappa shape index (κ2) is 16.7. The summed E-state index contributed by atoms with van der Waals surface area (Å²) in [4.78, 5) is 12.7. The number of rotatable bonds is 6. The number of pyridine rings is 2. The van der Waals surface area contributed by atoms with Crippen molar-refractivity contribution in [2.75, 3.05) is 0 Å². The van der Waals surface area contributed by atoms with Crippen molar-refractivity contribution in [3.05, 3.63) is 138 Å². The van der Waals surface area contributed by atoms with Gasteiger partial charge >= 0.3 is 273 Å². The van der Waals surface area contributed by atoms with E-state index >= 15 is 0 Å². The molecule has 1 unspecified atom stereocenters. The maximum atomic E-state index is 7.06. The zero-order valence-corrected chi connectivity index (χ0v) is 40.6. The molecule has 0 amide bonds. The zero-order chi connectivity index (χ0) is 39.0. The third-order valence-corrected chi connectivity index (χ3v) is 19.3. The summed E-state index contributed by atoms with van der Waals surface area (Å²) in [5.74, 6) is 14.8. The first-order chi connectivity index (χ1) is 25.4. The Bertz CT molecular complexity index is 2490. The number of hydrogen-bond acceptors (Lipinski definition) is 3. The Hall–Kier alpha value is -3.79. The summed E-state index contributed by atoms with van der Waals surface area (Å²) in [7, 11) is 0. The summed E-state index contributed by atoms with van der Waals surface area (Å²) in [5.41, 5.74) is 11.4. The minimum absolute atomic E-state index is 0. The molecule has 0 aliphatic carbocycles. The van der Waals surface area contributed by atoms with Crippen molar-refractivity contribution in [2.24, 2.45) is 5.41 Å². The van der Waals surface area contributed by atoms with Crippen LogP contribution in [0.2, 0.25) is 34.5 Å². The number of fused-ring (bicyclic) bond motifs is 3. The summed E-state index contributed by atoms with van der Waals surface area (Å²) in [6, 6.07) is 38.2. The van der Waals surface area contributed by atoms with Crippen LogP contribution in [-0.2, 0) is 20.1 Å². The van der Waals surface area contributed by atoms with Crippen LogP contribution in [0, 0.1) is 31.0 Å². The molecule has 7 heteroatoms. The maximum absolute atomic E-state index is 7.06. The van der Waals surface area contributed by atoms with Gasteiger partial charge in [-0.3, -0.25) is 0 Å². The molecule has 0 fully saturated rings. The van der Waals surface area contributed by atoms with E-state index in [0.29, 0.717) is 11.6 Å². The van der Waals surface area contributed by atoms with Crippen LogP contribution < -0.4 is 8.79 Å². The van der Waals surface area contributed by atoms with E-state index in [4.69, 9.17) is 11.0 Å². The molecule has 7 aromatic rings. The molecule has 283 valence electrons. The molecule has 0 aliphatic heterocycles. The van der Waals surface area contributed by atoms with Crippen LogP contribution in [0.1, 0.15) is 44.7 Å². The minimum atomic E-state index is -1.84. The average Bonchev–Trinajstić information content (AvgIpc) is 3.51. The Morgan fingerprint density at radius 3 is 2.02 bits per heavy atom. The Balaban J connectivity index is 0.000000246. The fraction of sp³-hybridized carbons (Fsp3) is 0.271. The molecule has 7 rings (SSSR count). The van der Waals surface area contributed by atoms with E-state index in [2.05, 4.69) is 163 Å². The van der Waals surface area contributed by atoms with Gasteiger partial charge in [-0.25, -0.2) is 0 Å². The first kappa shape index (κ1) is 42.3. The molecule has 55 heavy (non-hydrogen) atoms. The van der Waals surface area contributed by atoms with E-state index < -0.39 is 26.5 Å². The van der Waals surface area contributed by atoms with Crippen LogP contribution in [0.3, 0.4) is 0 Å². The van der Waals surface area contributed by atoms with Crippen molar-refractivity contribution in [2.45, 2.75) is 75.1 Å². The van der Waals surface area contributed by atoms with E-state index in [-0.39, 0.29) is 25.5 Å². The Labute approximate surface area is 347 Å². The van der Waals surface area contributed by atoms with Crippen LogP contribution in [0.15, 0.2) is 108 Å². The molecule has 4 nitrogen and oxygen atoms in total. The van der Waals surface area contributed by atoms with Gasteiger partial charge in [0.1, 0.15) is 0 Å². The number of hydrogen-bond donors (Lipinski definition) is 0. The van der Waals surface area contributed by atoms with Crippen molar-refractivity contribution in [3.8, 4) is 33.6 Å². The number of nitrogens with zero attached hydrogens (tertiary/aromatic N) is 3. The predicted octanol–water partition coefficient (Wildman–Crippen LogP) is 12.8. The molecule has 1 radical (unpaired) electrons. The first-order valence-electron chi connectivity index (χ1n) is 18.7. The van der Waals surface area contributed by atoms with Crippen molar-refractivity contribution in [1.82, 2.24) is 9.97 Å². The topological polar surface area (TPSA) is 43.3 Å². The monoisotopic (exact) mass is 1030 g/mol. The summed E-state index contributed by atoms with van der Waals surface area (Å²) >= 11 is -3.66. The van der Waals surface area contributed by atoms with Gasteiger partial charge in [0.25, 0.3) is 0 Å². The van der Waals surface area contributed by atoms with E-state index in [1.807, 2.05) is 24.5 Å². The molecule has 3 heterocycles. The van der Waals surface area contributed by atoms with Gasteiger partial charge in [0.05, 0.1) is 0 Å². The van der Waals surface area contributed by atoms with Crippen molar-refractivity contribution in [3.63, 3.8) is 0 Å². The number of furan rings is 1. The molecule has 1 atom stereocenters. The normalized spacial score (nSPS) is 12.4. The minimum Gasteiger partial charge on any atom is 0 e. The quantitative estimate of drug-likeness (QED) is 0.123. The maximum Gasteiger partial charge on any atom is 0 e. The van der Waals surface area contributed by atoms with Crippen LogP contribution in [0.4, 0.5) is 5.69 Å². The fourth-order valence-electron chi connectivity index (χ4n) is 6.74. The molecule has 0 aliphatic rings. The van der Waals surface area contributed by atoms with E-state index in [1.165, 1.54) is 31.0 Å². The number of aryl methyl sites for hydroxylation is 1. The SMILES string of the molecule is CC(c1ccnc(-c2[c-]cc3oc4ccc(-c5cc[c]([Ge]([CH3])([CH3])[CH3])cc5)cc4c3c2)c1)C(C)(C)C.[C-]#[N+]c1cc[c-]c(-c2cc(C)[c]([Ge]([CH3])([CH3])[CH3])cn2)c1.[Ir]. The molecule has 4 aromatic carbocycles. The first-order valence-corrected chi connectivity index (χ1v) is 33.4. The van der Waals surface area contributed by atoms with Crippen LogP contribution >= 0.6 is 0 Å². The Morgan fingerprint density at radius 1 is 0.727 bits per heavy atom. The van der Waals surface area contributed by atoms with Gasteiger partial charge in [0.15, 0.2) is 0 Å². The average molecular weight is 1020 g/mol. The number of aromatic nitrogens is 2. The van der Waals surface area contributed by atoms with Gasteiger partial charge in [-0.2, -0.15) is 0 Å². The molecule has 0 saturated heterocycles. The van der Waals surface area contributed by atoms with Gasteiger partial charge in [0, 0.05) is 26.3 Å². The second-order valence-corrected chi connectivity index (χ2v) is 38.8. The van der Waals surface area contributed by atoms with Gasteiger partial charge in [-0.05, 0) is 17.4 Å². The molecule has 0 bridgehead atoms. The van der Waals surface area contributed by atoms with E-state index in [0.717, 1.165) is 44.5 Å². The van der Waals surface area contributed by atoms with Gasteiger partial charge in [0.2, 0.25) is 0 Å². The molecular weight excluding hydrogens is 972 g/mol. The van der Waals surface area contributed by atoms with Crippen LogP contribution in [-0.4, -0.2) is 36.5 Å². The van der Waals surface area contributed by atoms with Crippen molar-refractivity contribution >= 4 is 62.9 Å². The third-order valence-electron chi connectivity index (χ3n) is 10.5. The summed E-state index contributed by atoms with van der Waals surface area (Å²) in [6.07, 6.45) is 3.94. The summed E-state index contributed by atoms with van der Waals surface area (Å²) in [5, 5.41) is 2.23. The molecule has 0 spiro atoms. The Kier molecular flexibility index (Phi) is 12.9. The summed E-state index contributed by atoms with van der Waals surface area (Å²) in [6.45, 7) is 18.3. The van der Waals surface area contributed by atoms with Gasteiger partial charge < -0.3 is 0 Å². The molecule has 0 saturated carbocycles. The Morgan fingerprint density at radius 2 is 1.38 bits per heavy atom. The second-order valence-electron chi connectivity index (χ2n) is 17.5. The van der Waals surface area contributed by atoms with E-state index in [9.17, 15) is 0 Å². The largest absolute Gasteiger partial charge is 0 e. The van der Waals surface area contributed by atoms with Crippen molar-refractivity contribution < 1.29 is 24.5 Å². The zero-order valence-electron chi connectivity index (χ0n) is 34.0. The summed E-state index contributed by atoms with van der Waals surface area (Å²) < 4.78 is 9.12. The fourth-order valence-corrected chi connectivity index (χ4v) is 12.8. The van der Waals surface area contributed by atoms with E-state index in [1.54, 1.807) is 12.1 Å². The standard InChI is InChI=1S/C32H34GeNO.C16H17GeN2.Ir/c1-21(32(2,3)4)23-16-17-34-29(20-23)25-11-15-31-28(19-25)27-18-24(10-14-30(27)35-31)22-8-12-26(13-9-22)33(5,6)7;1-12-9-16(19-11-15(12)17(2,3)4)13-7-6-8-14(10-13)18-5;/h8-10,12-21H,1-7H3;6,8-11H,1-4H3;/q2*-1;. The van der Waals surface area contributed by atoms with Crippen molar-refractivity contribution in [1.29, 1.82) is 0 Å². The third kappa shape index (κ3) is 9.78. The number of benzene rings is 4. The van der Waals surface area contributed by atoms with Gasteiger partial charge in [-0.15, -0.1) is 0 Å². The smallest absolute Gasteiger partial charge is 0 e. The molecular formula is C48H51Ge2IrN3O-2.